The third-order valence-corrected chi connectivity index (χ3v) is 3.80. The van der Waals surface area contributed by atoms with Crippen LogP contribution in [0.25, 0.3) is 0 Å². The molecule has 3 aromatic rings. The van der Waals surface area contributed by atoms with Gasteiger partial charge in [0.2, 0.25) is 0 Å². The highest BCUT2D eigenvalue weighted by molar-refractivity contribution is 5.10. The van der Waals surface area contributed by atoms with E-state index < -0.39 is 0 Å². The molecular weight excluding hydrogens is 268 g/mol. The molecule has 1 aliphatic rings. The summed E-state index contributed by atoms with van der Waals surface area (Å²) in [7, 11) is 0. The Bertz CT molecular complexity index is 700. The molecule has 108 valence electrons. The first-order chi connectivity index (χ1) is 10.4. The zero-order valence-corrected chi connectivity index (χ0v) is 11.6. The first-order valence-electron chi connectivity index (χ1n) is 6.97. The number of hydrogen-bond donors (Lipinski definition) is 0. The highest BCUT2D eigenvalue weighted by atomic mass is 16.3. The maximum atomic E-state index is 5.13. The number of fused-ring (bicyclic) bond motifs is 1. The van der Waals surface area contributed by atoms with Crippen LogP contribution in [0.15, 0.2) is 41.9 Å². The van der Waals surface area contributed by atoms with Gasteiger partial charge in [-0.25, -0.2) is 14.6 Å². The molecule has 0 saturated carbocycles. The molecule has 4 heterocycles. The molecular formula is C14H16N6O. The second-order valence-corrected chi connectivity index (χ2v) is 5.25. The fourth-order valence-corrected chi connectivity index (χ4v) is 2.76. The summed E-state index contributed by atoms with van der Waals surface area (Å²) in [6, 6.07) is 2.01. The molecule has 7 heteroatoms. The number of nitrogens with zero attached hydrogens (tertiary/aromatic N) is 6. The topological polar surface area (TPSA) is 64.9 Å². The summed E-state index contributed by atoms with van der Waals surface area (Å²) < 4.78 is 9.23. The van der Waals surface area contributed by atoms with Gasteiger partial charge in [0, 0.05) is 25.2 Å². The lowest BCUT2D eigenvalue weighted by Gasteiger charge is -2.28. The fraction of sp³-hybridized carbons (Fsp3) is 0.357. The van der Waals surface area contributed by atoms with Crippen molar-refractivity contribution >= 4 is 0 Å². The predicted molar refractivity (Wildman–Crippen MR) is 74.2 cm³/mol. The van der Waals surface area contributed by atoms with Gasteiger partial charge < -0.3 is 8.98 Å². The van der Waals surface area contributed by atoms with E-state index in [1.54, 1.807) is 25.2 Å². The minimum Gasteiger partial charge on any atom is -0.472 e. The minimum atomic E-state index is 0.717. The van der Waals surface area contributed by atoms with E-state index >= 15 is 0 Å². The van der Waals surface area contributed by atoms with Crippen LogP contribution >= 0.6 is 0 Å². The molecule has 0 N–H and O–H groups in total. The van der Waals surface area contributed by atoms with Crippen LogP contribution in [-0.4, -0.2) is 35.8 Å². The number of aromatic nitrogens is 5. The third kappa shape index (κ3) is 2.47. The van der Waals surface area contributed by atoms with Crippen LogP contribution < -0.4 is 0 Å². The van der Waals surface area contributed by atoms with E-state index in [-0.39, 0.29) is 0 Å². The van der Waals surface area contributed by atoms with Gasteiger partial charge in [0.15, 0.2) is 0 Å². The number of imidazole rings is 1. The Balaban J connectivity index is 1.48. The Hall–Kier alpha value is -2.41. The largest absolute Gasteiger partial charge is 0.472 e. The van der Waals surface area contributed by atoms with Gasteiger partial charge in [-0.15, -0.1) is 0 Å². The van der Waals surface area contributed by atoms with Crippen LogP contribution in [0.3, 0.4) is 0 Å². The van der Waals surface area contributed by atoms with Gasteiger partial charge in [-0.1, -0.05) is 0 Å². The van der Waals surface area contributed by atoms with Gasteiger partial charge in [0.1, 0.15) is 18.5 Å². The van der Waals surface area contributed by atoms with Gasteiger partial charge in [-0.2, -0.15) is 5.10 Å². The number of furan rings is 1. The molecule has 0 radical (unpaired) electrons. The molecule has 3 aromatic heterocycles. The highest BCUT2D eigenvalue weighted by Crippen LogP contribution is 2.17. The average molecular weight is 284 g/mol. The average Bonchev–Trinajstić information content (AvgIpc) is 3.22. The normalized spacial score (nSPS) is 15.2. The van der Waals surface area contributed by atoms with E-state index in [0.29, 0.717) is 6.54 Å². The van der Waals surface area contributed by atoms with Gasteiger partial charge >= 0.3 is 0 Å². The number of rotatable bonds is 4. The quantitative estimate of drug-likeness (QED) is 0.718. The lowest BCUT2D eigenvalue weighted by atomic mass is 10.2. The summed E-state index contributed by atoms with van der Waals surface area (Å²) in [6.07, 6.45) is 8.75. The molecule has 0 bridgehead atoms. The zero-order chi connectivity index (χ0) is 14.1. The third-order valence-electron chi connectivity index (χ3n) is 3.80. The summed E-state index contributed by atoms with van der Waals surface area (Å²) in [5, 5.41) is 4.15. The Labute approximate surface area is 121 Å². The van der Waals surface area contributed by atoms with E-state index in [2.05, 4.69) is 24.5 Å². The van der Waals surface area contributed by atoms with E-state index in [4.69, 9.17) is 4.42 Å². The molecule has 0 fully saturated rings. The summed E-state index contributed by atoms with van der Waals surface area (Å²) in [5.41, 5.74) is 2.39. The Morgan fingerprint density at radius 3 is 3.05 bits per heavy atom. The van der Waals surface area contributed by atoms with Gasteiger partial charge in [0.25, 0.3) is 0 Å². The van der Waals surface area contributed by atoms with Crippen molar-refractivity contribution in [1.29, 1.82) is 0 Å². The molecule has 0 amide bonds. The summed E-state index contributed by atoms with van der Waals surface area (Å²) >= 11 is 0. The molecule has 4 rings (SSSR count). The molecule has 0 saturated heterocycles. The Morgan fingerprint density at radius 1 is 1.24 bits per heavy atom. The van der Waals surface area contributed by atoms with Crippen molar-refractivity contribution in [2.45, 2.75) is 26.2 Å². The van der Waals surface area contributed by atoms with Gasteiger partial charge in [0.05, 0.1) is 37.5 Å². The molecule has 21 heavy (non-hydrogen) atoms. The fourth-order valence-electron chi connectivity index (χ4n) is 2.76. The maximum Gasteiger partial charge on any atom is 0.137 e. The maximum absolute atomic E-state index is 5.13. The van der Waals surface area contributed by atoms with Crippen LogP contribution in [0.5, 0.6) is 0 Å². The molecule has 7 nitrogen and oxygen atoms in total. The van der Waals surface area contributed by atoms with Crippen molar-refractivity contribution in [3.8, 4) is 0 Å². The van der Waals surface area contributed by atoms with Crippen molar-refractivity contribution < 1.29 is 4.42 Å². The second-order valence-electron chi connectivity index (χ2n) is 5.25. The van der Waals surface area contributed by atoms with Crippen LogP contribution in [0.1, 0.15) is 17.1 Å². The first-order valence-corrected chi connectivity index (χ1v) is 6.97. The second kappa shape index (κ2) is 5.17. The SMILES string of the molecule is c1ncn(Cc2cnc3n2CCN(Cc2ccoc2)C3)n1. The van der Waals surface area contributed by atoms with Gasteiger partial charge in [-0.05, 0) is 6.07 Å². The lowest BCUT2D eigenvalue weighted by Crippen LogP contribution is -2.34. The molecule has 0 unspecified atom stereocenters. The standard InChI is InChI=1S/C14H16N6O/c1-4-21-9-12(1)6-18-2-3-20-13(5-16-14(20)8-18)7-19-11-15-10-17-19/h1,4-5,9-11H,2-3,6-8H2. The van der Waals surface area contributed by atoms with Crippen molar-refractivity contribution in [2.75, 3.05) is 6.54 Å². The molecule has 0 aliphatic carbocycles. The Kier molecular flexibility index (Phi) is 3.04. The van der Waals surface area contributed by atoms with Crippen LogP contribution in [0.4, 0.5) is 0 Å². The van der Waals surface area contributed by atoms with E-state index in [0.717, 1.165) is 32.0 Å². The van der Waals surface area contributed by atoms with E-state index in [1.807, 2.05) is 16.9 Å². The first kappa shape index (κ1) is 12.3. The Morgan fingerprint density at radius 2 is 2.24 bits per heavy atom. The number of hydrogen-bond acceptors (Lipinski definition) is 5. The van der Waals surface area contributed by atoms with Crippen LogP contribution in [0, 0.1) is 0 Å². The molecule has 0 atom stereocenters. The zero-order valence-electron chi connectivity index (χ0n) is 11.6. The van der Waals surface area contributed by atoms with Crippen molar-refractivity contribution in [3.63, 3.8) is 0 Å². The monoisotopic (exact) mass is 284 g/mol. The van der Waals surface area contributed by atoms with Crippen molar-refractivity contribution in [1.82, 2.24) is 29.2 Å². The van der Waals surface area contributed by atoms with Crippen molar-refractivity contribution in [2.24, 2.45) is 0 Å². The van der Waals surface area contributed by atoms with Crippen LogP contribution in [0.2, 0.25) is 0 Å². The smallest absolute Gasteiger partial charge is 0.137 e. The highest BCUT2D eigenvalue weighted by Gasteiger charge is 2.20. The molecule has 0 spiro atoms. The van der Waals surface area contributed by atoms with E-state index in [1.165, 1.54) is 11.3 Å². The summed E-state index contributed by atoms with van der Waals surface area (Å²) in [4.78, 5) is 10.9. The van der Waals surface area contributed by atoms with Gasteiger partial charge in [-0.3, -0.25) is 4.90 Å². The van der Waals surface area contributed by atoms with Crippen LogP contribution in [-0.2, 0) is 26.2 Å². The van der Waals surface area contributed by atoms with E-state index in [9.17, 15) is 0 Å². The predicted octanol–water partition coefficient (Wildman–Crippen LogP) is 1.13. The minimum absolute atomic E-state index is 0.717. The molecule has 0 aromatic carbocycles. The van der Waals surface area contributed by atoms with Crippen molar-refractivity contribution in [3.05, 3.63) is 54.5 Å². The lowest BCUT2D eigenvalue weighted by molar-refractivity contribution is 0.206. The molecule has 1 aliphatic heterocycles. The summed E-state index contributed by atoms with van der Waals surface area (Å²) in [6.45, 7) is 4.45. The summed E-state index contributed by atoms with van der Waals surface area (Å²) in [5.74, 6) is 1.11.